The third kappa shape index (κ3) is 2.02. The molecule has 0 fully saturated rings. The van der Waals surface area contributed by atoms with Crippen molar-refractivity contribution in [3.05, 3.63) is 77.5 Å². The van der Waals surface area contributed by atoms with Crippen LogP contribution in [0.4, 0.5) is 0 Å². The van der Waals surface area contributed by atoms with Gasteiger partial charge in [0.15, 0.2) is 0 Å². The first-order valence-electron chi connectivity index (χ1n) is 9.12. The molecule has 1 heterocycles. The molecule has 4 heteroatoms. The first kappa shape index (κ1) is 15.9. The topological polar surface area (TPSA) is 39.1 Å². The van der Waals surface area contributed by atoms with Gasteiger partial charge in [0.1, 0.15) is 0 Å². The Kier molecular flexibility index (Phi) is 3.26. The summed E-state index contributed by atoms with van der Waals surface area (Å²) in [5.74, 6) is 1.02. The lowest BCUT2D eigenvalue weighted by Gasteiger charge is -2.28. The highest BCUT2D eigenvalue weighted by atomic mass is 32.2. The Morgan fingerprint density at radius 1 is 1.00 bits per heavy atom. The van der Waals surface area contributed by atoms with Gasteiger partial charge in [0, 0.05) is 17.0 Å². The molecule has 0 saturated carbocycles. The first-order valence-corrected chi connectivity index (χ1v) is 10.6. The molecule has 0 aliphatic heterocycles. The molecular weight excluding hydrogens is 342 g/mol. The van der Waals surface area contributed by atoms with Crippen LogP contribution in [-0.2, 0) is 10.0 Å². The summed E-state index contributed by atoms with van der Waals surface area (Å²) in [6.07, 6.45) is 5.48. The Balaban J connectivity index is 1.87. The highest BCUT2D eigenvalue weighted by Gasteiger charge is 2.40. The number of allylic oxidation sites excluding steroid dienone is 2. The molecule has 132 valence electrons. The van der Waals surface area contributed by atoms with E-state index in [2.05, 4.69) is 25.1 Å². The number of benzene rings is 2. The summed E-state index contributed by atoms with van der Waals surface area (Å²) in [7, 11) is -3.65. The van der Waals surface area contributed by atoms with Crippen LogP contribution in [0.2, 0.25) is 0 Å². The summed E-state index contributed by atoms with van der Waals surface area (Å²) in [5, 5.41) is 1.07. The van der Waals surface area contributed by atoms with E-state index in [4.69, 9.17) is 0 Å². The van der Waals surface area contributed by atoms with E-state index in [1.807, 2.05) is 37.3 Å². The third-order valence-corrected chi connectivity index (χ3v) is 7.77. The molecule has 2 aromatic carbocycles. The number of fused-ring (bicyclic) bond motifs is 6. The van der Waals surface area contributed by atoms with Gasteiger partial charge in [-0.1, -0.05) is 55.0 Å². The number of hydrogen-bond donors (Lipinski definition) is 0. The maximum absolute atomic E-state index is 13.6. The largest absolute Gasteiger partial charge is 0.268 e. The maximum Gasteiger partial charge on any atom is 0.268 e. The lowest BCUT2D eigenvalue weighted by molar-refractivity contribution is 0.470. The van der Waals surface area contributed by atoms with E-state index in [1.54, 1.807) is 16.1 Å². The van der Waals surface area contributed by atoms with E-state index in [0.717, 1.165) is 28.6 Å². The van der Waals surface area contributed by atoms with Crippen LogP contribution in [0.1, 0.15) is 42.0 Å². The average Bonchev–Trinajstić information content (AvgIpc) is 3.21. The van der Waals surface area contributed by atoms with Crippen molar-refractivity contribution in [2.24, 2.45) is 5.92 Å². The van der Waals surface area contributed by atoms with Gasteiger partial charge in [-0.2, -0.15) is 0 Å². The minimum absolute atomic E-state index is 0.179. The lowest BCUT2D eigenvalue weighted by atomic mass is 9.77. The molecule has 2 aliphatic carbocycles. The van der Waals surface area contributed by atoms with Crippen molar-refractivity contribution in [3.8, 4) is 0 Å². The van der Waals surface area contributed by atoms with E-state index >= 15 is 0 Å². The van der Waals surface area contributed by atoms with Gasteiger partial charge in [0.25, 0.3) is 10.0 Å². The molecule has 3 aromatic rings. The summed E-state index contributed by atoms with van der Waals surface area (Å²) in [6.45, 7) is 4.19. The van der Waals surface area contributed by atoms with Gasteiger partial charge in [0.2, 0.25) is 0 Å². The molecule has 3 atom stereocenters. The Bertz CT molecular complexity index is 1150. The van der Waals surface area contributed by atoms with Crippen molar-refractivity contribution in [2.75, 3.05) is 0 Å². The van der Waals surface area contributed by atoms with Gasteiger partial charge < -0.3 is 0 Å². The predicted molar refractivity (Wildman–Crippen MR) is 104 cm³/mol. The lowest BCUT2D eigenvalue weighted by Crippen LogP contribution is -2.22. The molecule has 0 amide bonds. The summed E-state index contributed by atoms with van der Waals surface area (Å²) in [4.78, 5) is 0.350. The van der Waals surface area contributed by atoms with Crippen LogP contribution >= 0.6 is 0 Å². The van der Waals surface area contributed by atoms with Crippen molar-refractivity contribution in [1.82, 2.24) is 3.97 Å². The van der Waals surface area contributed by atoms with Crippen LogP contribution in [-0.4, -0.2) is 12.4 Å². The fourth-order valence-electron chi connectivity index (χ4n) is 4.67. The smallest absolute Gasteiger partial charge is 0.237 e. The molecule has 0 spiro atoms. The standard InChI is InChI=1S/C22H21NO2S/c1-14-7-11-18(12-8-14)26(24,25)23-20-6-4-3-5-19(20)21-15(2)16-9-10-17(13-16)22(21)23/h3-12,15-17H,13H2,1-2H3/t15-,16+,17-/m1/s1. The molecule has 26 heavy (non-hydrogen) atoms. The van der Waals surface area contributed by atoms with Crippen molar-refractivity contribution >= 4 is 20.9 Å². The number of nitrogens with zero attached hydrogens (tertiary/aromatic N) is 1. The SMILES string of the molecule is Cc1ccc(S(=O)(=O)n2c3c(c4ccccc42)[C@H](C)[C@H]2C=C[C@@H]3C2)cc1. The minimum atomic E-state index is -3.65. The fourth-order valence-corrected chi connectivity index (χ4v) is 6.28. The predicted octanol–water partition coefficient (Wildman–Crippen LogP) is 4.96. The van der Waals surface area contributed by atoms with Gasteiger partial charge in [-0.25, -0.2) is 12.4 Å². The Morgan fingerprint density at radius 3 is 2.50 bits per heavy atom. The molecule has 0 unspecified atom stereocenters. The Hall–Kier alpha value is -2.33. The highest BCUT2D eigenvalue weighted by Crippen LogP contribution is 2.52. The molecule has 2 aliphatic rings. The van der Waals surface area contributed by atoms with Crippen LogP contribution in [0, 0.1) is 12.8 Å². The summed E-state index contributed by atoms with van der Waals surface area (Å²) < 4.78 is 28.8. The zero-order valence-electron chi connectivity index (χ0n) is 14.9. The normalized spacial score (nSPS) is 24.2. The monoisotopic (exact) mass is 363 g/mol. The number of para-hydroxylation sites is 1. The highest BCUT2D eigenvalue weighted by molar-refractivity contribution is 7.90. The fraction of sp³-hybridized carbons (Fsp3) is 0.273. The van der Waals surface area contributed by atoms with Gasteiger partial charge >= 0.3 is 0 Å². The van der Waals surface area contributed by atoms with Crippen LogP contribution in [0.25, 0.3) is 10.9 Å². The Labute approximate surface area is 154 Å². The average molecular weight is 363 g/mol. The molecule has 0 N–H and O–H groups in total. The van der Waals surface area contributed by atoms with Gasteiger partial charge in [-0.3, -0.25) is 0 Å². The molecule has 3 nitrogen and oxygen atoms in total. The Morgan fingerprint density at radius 2 is 1.73 bits per heavy atom. The second-order valence-electron chi connectivity index (χ2n) is 7.58. The first-order chi connectivity index (χ1) is 12.5. The quantitative estimate of drug-likeness (QED) is 0.604. The zero-order chi connectivity index (χ0) is 18.1. The minimum Gasteiger partial charge on any atom is -0.237 e. The van der Waals surface area contributed by atoms with Crippen LogP contribution in [0.3, 0.4) is 0 Å². The van der Waals surface area contributed by atoms with E-state index in [9.17, 15) is 8.42 Å². The van der Waals surface area contributed by atoms with Crippen molar-refractivity contribution in [2.45, 2.75) is 37.0 Å². The maximum atomic E-state index is 13.6. The van der Waals surface area contributed by atoms with Gasteiger partial charge in [-0.05, 0) is 48.9 Å². The summed E-state index contributed by atoms with van der Waals surface area (Å²) in [5.41, 5.74) is 4.02. The molecular formula is C22H21NO2S. The summed E-state index contributed by atoms with van der Waals surface area (Å²) in [6, 6.07) is 15.1. The van der Waals surface area contributed by atoms with Gasteiger partial charge in [-0.15, -0.1) is 0 Å². The molecule has 2 bridgehead atoms. The summed E-state index contributed by atoms with van der Waals surface area (Å²) >= 11 is 0. The van der Waals surface area contributed by atoms with E-state index in [1.165, 1.54) is 5.56 Å². The zero-order valence-corrected chi connectivity index (χ0v) is 15.7. The molecule has 0 radical (unpaired) electrons. The molecule has 0 saturated heterocycles. The van der Waals surface area contributed by atoms with Crippen LogP contribution in [0.5, 0.6) is 0 Å². The van der Waals surface area contributed by atoms with Crippen LogP contribution in [0.15, 0.2) is 65.6 Å². The number of rotatable bonds is 2. The van der Waals surface area contributed by atoms with Crippen LogP contribution < -0.4 is 0 Å². The van der Waals surface area contributed by atoms with Crippen molar-refractivity contribution in [3.63, 3.8) is 0 Å². The van der Waals surface area contributed by atoms with E-state index < -0.39 is 10.0 Å². The van der Waals surface area contributed by atoms with Crippen molar-refractivity contribution in [1.29, 1.82) is 0 Å². The van der Waals surface area contributed by atoms with Gasteiger partial charge in [0.05, 0.1) is 10.4 Å². The number of hydrogen-bond acceptors (Lipinski definition) is 2. The van der Waals surface area contributed by atoms with E-state index in [0.29, 0.717) is 16.7 Å². The van der Waals surface area contributed by atoms with E-state index in [-0.39, 0.29) is 5.92 Å². The molecule has 1 aromatic heterocycles. The second-order valence-corrected chi connectivity index (χ2v) is 9.36. The third-order valence-electron chi connectivity index (χ3n) is 6.03. The number of aryl methyl sites for hydroxylation is 1. The second kappa shape index (κ2) is 5.34. The molecule has 5 rings (SSSR count). The number of aromatic nitrogens is 1. The van der Waals surface area contributed by atoms with Crippen molar-refractivity contribution < 1.29 is 8.42 Å².